The third kappa shape index (κ3) is 4.08. The van der Waals surface area contributed by atoms with E-state index in [9.17, 15) is 9.59 Å². The fraction of sp³-hybridized carbons (Fsp3) is 0.133. The lowest BCUT2D eigenvalue weighted by molar-refractivity contribution is -0.116. The molecule has 172 valence electrons. The summed E-state index contributed by atoms with van der Waals surface area (Å²) in [5.41, 5.74) is 5.87. The number of fused-ring (bicyclic) bond motifs is 1. The van der Waals surface area contributed by atoms with E-state index in [-0.39, 0.29) is 23.5 Å². The standard InChI is InChI=1S/C30H24N2O2S/c33-26-18-22(19-8-3-1-4-9-19)17-25-28(26)29(27-12-7-15-35-27)32-23-14-13-21(16-24(23)31-25)30(34)20-10-5-2-6-11-20/h1-16,22,29,31-32H,17-18H2. The number of thiophene rings is 1. The van der Waals surface area contributed by atoms with E-state index < -0.39 is 0 Å². The molecule has 0 amide bonds. The van der Waals surface area contributed by atoms with Gasteiger partial charge in [0.1, 0.15) is 0 Å². The molecule has 0 saturated heterocycles. The van der Waals surface area contributed by atoms with Gasteiger partial charge in [-0.25, -0.2) is 0 Å². The number of anilines is 2. The minimum Gasteiger partial charge on any atom is -0.372 e. The summed E-state index contributed by atoms with van der Waals surface area (Å²) in [5, 5.41) is 9.23. The van der Waals surface area contributed by atoms with Crippen LogP contribution in [0.1, 0.15) is 51.2 Å². The molecule has 4 aromatic rings. The van der Waals surface area contributed by atoms with Crippen LogP contribution in [0.25, 0.3) is 0 Å². The number of hydrogen-bond acceptors (Lipinski definition) is 5. The summed E-state index contributed by atoms with van der Waals surface area (Å²) in [6, 6.07) is 29.1. The second kappa shape index (κ2) is 9.01. The number of nitrogens with one attached hydrogen (secondary N) is 2. The maximum atomic E-state index is 13.6. The molecule has 0 spiro atoms. The van der Waals surface area contributed by atoms with Crippen LogP contribution in [0.4, 0.5) is 11.4 Å². The number of ketones is 2. The quantitative estimate of drug-likeness (QED) is 0.313. The van der Waals surface area contributed by atoms with Crippen molar-refractivity contribution >= 4 is 34.3 Å². The fourth-order valence-corrected chi connectivity index (χ4v) is 5.86. The zero-order valence-electron chi connectivity index (χ0n) is 19.0. The van der Waals surface area contributed by atoms with E-state index in [1.54, 1.807) is 11.3 Å². The SMILES string of the molecule is O=C1CC(c2ccccc2)CC2=C1C(c1cccs1)Nc1ccc(C(=O)c3ccccc3)cc1N2. The van der Waals surface area contributed by atoms with E-state index in [1.807, 2.05) is 78.2 Å². The Bertz CT molecular complexity index is 1430. The van der Waals surface area contributed by atoms with Gasteiger partial charge >= 0.3 is 0 Å². The lowest BCUT2D eigenvalue weighted by Crippen LogP contribution is -2.26. The topological polar surface area (TPSA) is 58.2 Å². The number of Topliss-reactive ketones (excluding diaryl/α,β-unsaturated/α-hetero) is 1. The molecule has 35 heavy (non-hydrogen) atoms. The average molecular weight is 477 g/mol. The van der Waals surface area contributed by atoms with Gasteiger partial charge in [-0.05, 0) is 47.5 Å². The Kier molecular flexibility index (Phi) is 5.55. The van der Waals surface area contributed by atoms with E-state index in [4.69, 9.17) is 0 Å². The Balaban J connectivity index is 1.42. The molecule has 0 radical (unpaired) electrons. The molecule has 3 aromatic carbocycles. The van der Waals surface area contributed by atoms with Gasteiger partial charge in [-0.15, -0.1) is 11.3 Å². The summed E-state index contributed by atoms with van der Waals surface area (Å²) in [6.45, 7) is 0. The van der Waals surface area contributed by atoms with Crippen molar-refractivity contribution in [3.63, 3.8) is 0 Å². The van der Waals surface area contributed by atoms with Crippen molar-refractivity contribution in [2.24, 2.45) is 0 Å². The van der Waals surface area contributed by atoms with Gasteiger partial charge in [-0.3, -0.25) is 9.59 Å². The molecule has 0 bridgehead atoms. The minimum atomic E-state index is -0.223. The van der Waals surface area contributed by atoms with E-state index in [2.05, 4.69) is 28.8 Å². The molecule has 1 aliphatic heterocycles. The second-order valence-corrected chi connectivity index (χ2v) is 9.98. The lowest BCUT2D eigenvalue weighted by atomic mass is 9.79. The monoisotopic (exact) mass is 476 g/mol. The first kappa shape index (κ1) is 21.6. The molecule has 1 aliphatic carbocycles. The van der Waals surface area contributed by atoms with E-state index in [1.165, 1.54) is 5.56 Å². The van der Waals surface area contributed by atoms with Crippen molar-refractivity contribution < 1.29 is 9.59 Å². The van der Waals surface area contributed by atoms with Crippen molar-refractivity contribution in [2.75, 3.05) is 10.6 Å². The van der Waals surface area contributed by atoms with Gasteiger partial charge in [0.2, 0.25) is 0 Å². The van der Waals surface area contributed by atoms with Crippen LogP contribution in [0.3, 0.4) is 0 Å². The van der Waals surface area contributed by atoms with Crippen molar-refractivity contribution in [3.05, 3.63) is 129 Å². The predicted octanol–water partition coefficient (Wildman–Crippen LogP) is 6.96. The van der Waals surface area contributed by atoms with Crippen LogP contribution in [-0.2, 0) is 4.79 Å². The zero-order chi connectivity index (χ0) is 23.8. The van der Waals surface area contributed by atoms with E-state index in [0.717, 1.165) is 33.9 Å². The Morgan fingerprint density at radius 3 is 2.31 bits per heavy atom. The summed E-state index contributed by atoms with van der Waals surface area (Å²) in [4.78, 5) is 27.8. The van der Waals surface area contributed by atoms with Crippen molar-refractivity contribution in [3.8, 4) is 0 Å². The number of benzene rings is 3. The van der Waals surface area contributed by atoms with E-state index >= 15 is 0 Å². The first-order valence-electron chi connectivity index (χ1n) is 11.8. The molecule has 4 nitrogen and oxygen atoms in total. The zero-order valence-corrected chi connectivity index (χ0v) is 19.8. The second-order valence-electron chi connectivity index (χ2n) is 9.00. The van der Waals surface area contributed by atoms with Crippen LogP contribution in [0.15, 0.2) is 108 Å². The van der Waals surface area contributed by atoms with Crippen LogP contribution in [0.5, 0.6) is 0 Å². The van der Waals surface area contributed by atoms with Gasteiger partial charge in [0.05, 0.1) is 17.4 Å². The van der Waals surface area contributed by atoms with Crippen LogP contribution < -0.4 is 10.6 Å². The summed E-state index contributed by atoms with van der Waals surface area (Å²) in [7, 11) is 0. The van der Waals surface area contributed by atoms with E-state index in [0.29, 0.717) is 17.5 Å². The van der Waals surface area contributed by atoms with Crippen LogP contribution in [0.2, 0.25) is 0 Å². The lowest BCUT2D eigenvalue weighted by Gasteiger charge is -2.29. The molecule has 1 aromatic heterocycles. The van der Waals surface area contributed by atoms with Gasteiger partial charge in [0, 0.05) is 33.7 Å². The molecule has 0 saturated carbocycles. The Labute approximate surface area is 208 Å². The first-order chi connectivity index (χ1) is 17.2. The maximum absolute atomic E-state index is 13.6. The van der Waals surface area contributed by atoms with Gasteiger partial charge in [0.25, 0.3) is 0 Å². The highest BCUT2D eigenvalue weighted by Crippen LogP contribution is 2.45. The number of rotatable bonds is 4. The van der Waals surface area contributed by atoms with Gasteiger partial charge in [0.15, 0.2) is 11.6 Å². The Morgan fingerprint density at radius 2 is 1.57 bits per heavy atom. The molecule has 2 atom stereocenters. The smallest absolute Gasteiger partial charge is 0.193 e. The Morgan fingerprint density at radius 1 is 0.800 bits per heavy atom. The third-order valence-electron chi connectivity index (χ3n) is 6.80. The first-order valence-corrected chi connectivity index (χ1v) is 12.7. The van der Waals surface area contributed by atoms with Gasteiger partial charge < -0.3 is 10.6 Å². The highest BCUT2D eigenvalue weighted by atomic mass is 32.1. The number of allylic oxidation sites excluding steroid dienone is 1. The molecular formula is C30H24N2O2S. The molecule has 5 heteroatoms. The summed E-state index contributed by atoms with van der Waals surface area (Å²) < 4.78 is 0. The molecule has 0 fully saturated rings. The fourth-order valence-electron chi connectivity index (χ4n) is 5.08. The molecule has 6 rings (SSSR count). The highest BCUT2D eigenvalue weighted by Gasteiger charge is 2.36. The number of carbonyl (C=O) groups excluding carboxylic acids is 2. The normalized spacial score (nSPS) is 19.1. The summed E-state index contributed by atoms with van der Waals surface area (Å²) in [5.74, 6) is 0.256. The maximum Gasteiger partial charge on any atom is 0.193 e. The van der Waals surface area contributed by atoms with Gasteiger partial charge in [-0.1, -0.05) is 66.7 Å². The van der Waals surface area contributed by atoms with Crippen molar-refractivity contribution in [2.45, 2.75) is 24.8 Å². The molecule has 2 heterocycles. The number of carbonyl (C=O) groups is 2. The van der Waals surface area contributed by atoms with Crippen LogP contribution in [-0.4, -0.2) is 11.6 Å². The van der Waals surface area contributed by atoms with Gasteiger partial charge in [-0.2, -0.15) is 0 Å². The highest BCUT2D eigenvalue weighted by molar-refractivity contribution is 7.10. The summed E-state index contributed by atoms with van der Waals surface area (Å²) >= 11 is 1.64. The molecular weight excluding hydrogens is 452 g/mol. The number of hydrogen-bond donors (Lipinski definition) is 2. The summed E-state index contributed by atoms with van der Waals surface area (Å²) in [6.07, 6.45) is 1.23. The Hall–Kier alpha value is -3.96. The minimum absolute atomic E-state index is 0.0228. The largest absolute Gasteiger partial charge is 0.372 e. The third-order valence-corrected chi connectivity index (χ3v) is 7.74. The van der Waals surface area contributed by atoms with Crippen LogP contribution in [0, 0.1) is 0 Å². The van der Waals surface area contributed by atoms with Crippen LogP contribution >= 0.6 is 11.3 Å². The van der Waals surface area contributed by atoms with Crippen molar-refractivity contribution in [1.29, 1.82) is 0 Å². The van der Waals surface area contributed by atoms with Crippen molar-refractivity contribution in [1.82, 2.24) is 0 Å². The molecule has 2 N–H and O–H groups in total. The predicted molar refractivity (Wildman–Crippen MR) is 141 cm³/mol. The average Bonchev–Trinajstić information content (AvgIpc) is 3.38. The molecule has 2 aliphatic rings. The molecule has 2 unspecified atom stereocenters.